The molecule has 0 fully saturated rings. The normalized spacial score (nSPS) is 12.6. The number of aromatic nitrogens is 2. The van der Waals surface area contributed by atoms with Gasteiger partial charge in [-0.15, -0.1) is 11.8 Å². The number of hydrogen-bond donors (Lipinski definition) is 0. The van der Waals surface area contributed by atoms with Gasteiger partial charge in [-0.2, -0.15) is 0 Å². The lowest BCUT2D eigenvalue weighted by molar-refractivity contribution is 1.21. The Kier molecular flexibility index (Phi) is 5.59. The van der Waals surface area contributed by atoms with Crippen LogP contribution in [0.25, 0.3) is 22.5 Å². The molecule has 0 amide bonds. The van der Waals surface area contributed by atoms with Crippen LogP contribution in [-0.4, -0.2) is 9.97 Å². The second-order valence-electron chi connectivity index (χ2n) is 8.92. The molecule has 35 heavy (non-hydrogen) atoms. The quantitative estimate of drug-likeness (QED) is 0.264. The van der Waals surface area contributed by atoms with Crippen LogP contribution in [0.5, 0.6) is 0 Å². The summed E-state index contributed by atoms with van der Waals surface area (Å²) >= 11 is 1.89. The van der Waals surface area contributed by atoms with Crippen molar-refractivity contribution in [3.63, 3.8) is 0 Å². The van der Waals surface area contributed by atoms with Crippen molar-refractivity contribution in [2.75, 3.05) is 4.90 Å². The number of pyridine rings is 2. The van der Waals surface area contributed by atoms with Crippen LogP contribution in [0.1, 0.15) is 16.7 Å². The number of benzene rings is 3. The molecule has 0 radical (unpaired) electrons. The van der Waals surface area contributed by atoms with Crippen LogP contribution in [0.4, 0.5) is 17.1 Å². The van der Waals surface area contributed by atoms with Crippen molar-refractivity contribution < 1.29 is 0 Å². The molecular formula is C31H25N3S. The minimum absolute atomic E-state index is 0.931. The average Bonchev–Trinajstić information content (AvgIpc) is 3.05. The van der Waals surface area contributed by atoms with E-state index < -0.39 is 0 Å². The number of anilines is 3. The van der Waals surface area contributed by atoms with Gasteiger partial charge in [0.2, 0.25) is 0 Å². The highest BCUT2D eigenvalue weighted by Crippen LogP contribution is 2.48. The van der Waals surface area contributed by atoms with Gasteiger partial charge in [-0.3, -0.25) is 9.97 Å². The van der Waals surface area contributed by atoms with Crippen LogP contribution >= 0.6 is 11.8 Å². The standard InChI is InChI=1S/C31H25N3S/c1-21-12-14-32-27(16-21)23-7-5-8-26(18-23)34-29-9-4-3-6-25(29)20-35-31-11-10-24(19-30(31)34)28-17-22(2)13-15-33-28/h3-19H,20H2,1-2H3. The number of aryl methyl sites for hydroxylation is 2. The number of fused-ring (bicyclic) bond motifs is 2. The molecule has 0 N–H and O–H groups in total. The van der Waals surface area contributed by atoms with Gasteiger partial charge in [-0.25, -0.2) is 0 Å². The van der Waals surface area contributed by atoms with Crippen molar-refractivity contribution in [3.8, 4) is 22.5 Å². The van der Waals surface area contributed by atoms with E-state index in [0.29, 0.717) is 0 Å². The number of para-hydroxylation sites is 1. The third-order valence-electron chi connectivity index (χ3n) is 6.34. The number of hydrogen-bond acceptors (Lipinski definition) is 4. The Labute approximate surface area is 210 Å². The van der Waals surface area contributed by atoms with Gasteiger partial charge in [0.1, 0.15) is 0 Å². The Balaban J connectivity index is 1.55. The molecule has 5 aromatic rings. The first-order chi connectivity index (χ1) is 17.2. The number of thioether (sulfide) groups is 1. The maximum atomic E-state index is 4.65. The summed E-state index contributed by atoms with van der Waals surface area (Å²) in [6, 6.07) is 32.5. The highest BCUT2D eigenvalue weighted by molar-refractivity contribution is 7.98. The Bertz CT molecular complexity index is 1540. The predicted molar refractivity (Wildman–Crippen MR) is 147 cm³/mol. The molecule has 0 aliphatic carbocycles. The van der Waals surface area contributed by atoms with Gasteiger partial charge in [-0.1, -0.05) is 36.4 Å². The molecule has 3 aromatic carbocycles. The number of rotatable bonds is 3. The molecule has 0 saturated carbocycles. The summed E-state index contributed by atoms with van der Waals surface area (Å²) in [6.07, 6.45) is 3.77. The lowest BCUT2D eigenvalue weighted by Crippen LogP contribution is -2.11. The van der Waals surface area contributed by atoms with E-state index in [1.165, 1.54) is 33.0 Å². The first kappa shape index (κ1) is 21.6. The molecular weight excluding hydrogens is 446 g/mol. The maximum absolute atomic E-state index is 4.65. The van der Waals surface area contributed by atoms with Crippen LogP contribution in [0.3, 0.4) is 0 Å². The summed E-state index contributed by atoms with van der Waals surface area (Å²) in [7, 11) is 0. The van der Waals surface area contributed by atoms with Crippen molar-refractivity contribution in [1.82, 2.24) is 9.97 Å². The average molecular weight is 472 g/mol. The topological polar surface area (TPSA) is 29.0 Å². The van der Waals surface area contributed by atoms with E-state index in [1.807, 2.05) is 36.3 Å². The summed E-state index contributed by atoms with van der Waals surface area (Å²) < 4.78 is 0. The molecule has 1 aliphatic heterocycles. The maximum Gasteiger partial charge on any atom is 0.0705 e. The SMILES string of the molecule is Cc1ccnc(-c2cccc(N3c4ccccc4CSc4ccc(-c5cc(C)ccn5)cc43)c2)c1. The second kappa shape index (κ2) is 9.05. The summed E-state index contributed by atoms with van der Waals surface area (Å²) in [5, 5.41) is 0. The number of nitrogens with zero attached hydrogens (tertiary/aromatic N) is 3. The zero-order valence-corrected chi connectivity index (χ0v) is 20.6. The summed E-state index contributed by atoms with van der Waals surface area (Å²) in [5.41, 5.74) is 11.5. The Morgan fingerprint density at radius 2 is 1.37 bits per heavy atom. The molecule has 0 spiro atoms. The van der Waals surface area contributed by atoms with E-state index in [4.69, 9.17) is 0 Å². The van der Waals surface area contributed by atoms with E-state index >= 15 is 0 Å². The van der Waals surface area contributed by atoms with Crippen molar-refractivity contribution in [3.05, 3.63) is 120 Å². The first-order valence-electron chi connectivity index (χ1n) is 11.8. The molecule has 0 atom stereocenters. The van der Waals surface area contributed by atoms with Gasteiger partial charge in [-0.05, 0) is 85.1 Å². The van der Waals surface area contributed by atoms with Gasteiger partial charge in [0.05, 0.1) is 22.8 Å². The van der Waals surface area contributed by atoms with E-state index in [2.05, 4.69) is 108 Å². The van der Waals surface area contributed by atoms with Gasteiger partial charge >= 0.3 is 0 Å². The molecule has 2 aromatic heterocycles. The highest BCUT2D eigenvalue weighted by Gasteiger charge is 2.23. The van der Waals surface area contributed by atoms with Crippen LogP contribution in [0.15, 0.2) is 108 Å². The summed E-state index contributed by atoms with van der Waals surface area (Å²) in [4.78, 5) is 12.9. The summed E-state index contributed by atoms with van der Waals surface area (Å²) in [6.45, 7) is 4.21. The van der Waals surface area contributed by atoms with Crippen LogP contribution < -0.4 is 4.90 Å². The lowest BCUT2D eigenvalue weighted by Gasteiger charge is -2.27. The fraction of sp³-hybridized carbons (Fsp3) is 0.0968. The molecule has 6 rings (SSSR count). The molecule has 1 aliphatic rings. The van der Waals surface area contributed by atoms with Gasteiger partial charge < -0.3 is 4.90 Å². The Hall–Kier alpha value is -3.89. The molecule has 170 valence electrons. The zero-order valence-electron chi connectivity index (χ0n) is 19.8. The largest absolute Gasteiger partial charge is 0.309 e. The zero-order chi connectivity index (χ0) is 23.8. The second-order valence-corrected chi connectivity index (χ2v) is 9.94. The Morgan fingerprint density at radius 1 is 0.657 bits per heavy atom. The first-order valence-corrected chi connectivity index (χ1v) is 12.8. The van der Waals surface area contributed by atoms with Crippen molar-refractivity contribution in [2.24, 2.45) is 0 Å². The van der Waals surface area contributed by atoms with E-state index in [-0.39, 0.29) is 0 Å². The lowest BCUT2D eigenvalue weighted by atomic mass is 10.0. The van der Waals surface area contributed by atoms with Gasteiger partial charge in [0.15, 0.2) is 0 Å². The van der Waals surface area contributed by atoms with Crippen molar-refractivity contribution >= 4 is 28.8 Å². The smallest absolute Gasteiger partial charge is 0.0705 e. The molecule has 4 heteroatoms. The molecule has 0 unspecified atom stereocenters. The van der Waals surface area contributed by atoms with Crippen molar-refractivity contribution in [2.45, 2.75) is 24.5 Å². The molecule has 3 heterocycles. The highest BCUT2D eigenvalue weighted by atomic mass is 32.2. The van der Waals surface area contributed by atoms with E-state index in [1.54, 1.807) is 0 Å². The molecule has 0 saturated heterocycles. The van der Waals surface area contributed by atoms with Crippen LogP contribution in [0.2, 0.25) is 0 Å². The fourth-order valence-electron chi connectivity index (χ4n) is 4.58. The Morgan fingerprint density at radius 3 is 2.11 bits per heavy atom. The van der Waals surface area contributed by atoms with Gasteiger partial charge in [0, 0.05) is 39.9 Å². The van der Waals surface area contributed by atoms with E-state index in [0.717, 1.165) is 34.0 Å². The van der Waals surface area contributed by atoms with E-state index in [9.17, 15) is 0 Å². The summed E-state index contributed by atoms with van der Waals surface area (Å²) in [5.74, 6) is 0.931. The van der Waals surface area contributed by atoms with Crippen LogP contribution in [-0.2, 0) is 5.75 Å². The van der Waals surface area contributed by atoms with Crippen molar-refractivity contribution in [1.29, 1.82) is 0 Å². The van der Waals surface area contributed by atoms with Gasteiger partial charge in [0.25, 0.3) is 0 Å². The molecule has 0 bridgehead atoms. The minimum Gasteiger partial charge on any atom is -0.309 e. The third-order valence-corrected chi connectivity index (χ3v) is 7.45. The minimum atomic E-state index is 0.931. The monoisotopic (exact) mass is 471 g/mol. The fourth-order valence-corrected chi connectivity index (χ4v) is 5.60. The third kappa shape index (κ3) is 4.22. The predicted octanol–water partition coefficient (Wildman–Crippen LogP) is 8.50. The molecule has 3 nitrogen and oxygen atoms in total. The van der Waals surface area contributed by atoms with Crippen LogP contribution in [0, 0.1) is 13.8 Å².